The quantitative estimate of drug-likeness (QED) is 0.344. The number of ether oxygens (including phenoxy) is 1. The summed E-state index contributed by atoms with van der Waals surface area (Å²) in [6.45, 7) is 5.81. The molecule has 0 bridgehead atoms. The van der Waals surface area contributed by atoms with E-state index in [4.69, 9.17) is 4.74 Å². The van der Waals surface area contributed by atoms with Crippen LogP contribution in [0.5, 0.6) is 5.75 Å². The number of methoxy groups -OCH3 is 1. The molecule has 3 aromatic rings. The zero-order valence-corrected chi connectivity index (χ0v) is 23.8. The van der Waals surface area contributed by atoms with E-state index in [-0.39, 0.29) is 17.3 Å². The molecule has 1 atom stereocenters. The van der Waals surface area contributed by atoms with Crippen LogP contribution in [-0.2, 0) is 26.0 Å². The first kappa shape index (κ1) is 29.7. The molecule has 3 rings (SSSR count). The number of carbonyl (C=O) groups excluding carboxylic acids is 2. The standard InChI is InChI=1S/C30H37N3O5S/c1-5-20-31-30(35)24(3)32(21-19-25-9-7-6-8-10-25)29(34)22-33(26-13-11-23(2)12-14-26)39(36,37)28-17-15-27(38-4)16-18-28/h6-18,24H,5,19-22H2,1-4H3,(H,31,35)/t24-/m1/s1. The predicted molar refractivity (Wildman–Crippen MR) is 153 cm³/mol. The topological polar surface area (TPSA) is 96.0 Å². The first-order chi connectivity index (χ1) is 18.7. The second kappa shape index (κ2) is 13.8. The molecule has 9 heteroatoms. The van der Waals surface area contributed by atoms with Crippen LogP contribution in [0.15, 0.2) is 83.8 Å². The highest BCUT2D eigenvalue weighted by Crippen LogP contribution is 2.26. The molecule has 0 aliphatic rings. The maximum absolute atomic E-state index is 13.8. The Morgan fingerprint density at radius 3 is 2.18 bits per heavy atom. The Morgan fingerprint density at radius 1 is 0.949 bits per heavy atom. The predicted octanol–water partition coefficient (Wildman–Crippen LogP) is 4.18. The zero-order valence-electron chi connectivity index (χ0n) is 23.0. The molecule has 8 nitrogen and oxygen atoms in total. The van der Waals surface area contributed by atoms with E-state index < -0.39 is 28.5 Å². The smallest absolute Gasteiger partial charge is 0.264 e. The van der Waals surface area contributed by atoms with Gasteiger partial charge in [-0.25, -0.2) is 8.42 Å². The van der Waals surface area contributed by atoms with Crippen molar-refractivity contribution in [2.75, 3.05) is 31.0 Å². The van der Waals surface area contributed by atoms with Gasteiger partial charge in [-0.2, -0.15) is 0 Å². The molecule has 0 saturated heterocycles. The second-order valence-electron chi connectivity index (χ2n) is 9.31. The van der Waals surface area contributed by atoms with Crippen molar-refractivity contribution < 1.29 is 22.7 Å². The van der Waals surface area contributed by atoms with Crippen LogP contribution in [0, 0.1) is 6.92 Å². The van der Waals surface area contributed by atoms with Crippen LogP contribution in [0.1, 0.15) is 31.4 Å². The van der Waals surface area contributed by atoms with E-state index in [0.717, 1.165) is 21.9 Å². The molecule has 1 N–H and O–H groups in total. The van der Waals surface area contributed by atoms with Gasteiger partial charge in [0.15, 0.2) is 0 Å². The maximum Gasteiger partial charge on any atom is 0.264 e. The Hall–Kier alpha value is -3.85. The van der Waals surface area contributed by atoms with Gasteiger partial charge in [0.05, 0.1) is 17.7 Å². The van der Waals surface area contributed by atoms with E-state index in [2.05, 4.69) is 5.32 Å². The van der Waals surface area contributed by atoms with E-state index in [1.165, 1.54) is 24.1 Å². The number of rotatable bonds is 13. The molecule has 208 valence electrons. The molecule has 39 heavy (non-hydrogen) atoms. The summed E-state index contributed by atoms with van der Waals surface area (Å²) in [4.78, 5) is 28.2. The summed E-state index contributed by atoms with van der Waals surface area (Å²) in [5.41, 5.74) is 2.33. The molecule has 2 amide bonds. The fourth-order valence-electron chi connectivity index (χ4n) is 4.08. The monoisotopic (exact) mass is 551 g/mol. The molecule has 0 unspecified atom stereocenters. The molecule has 0 aromatic heterocycles. The number of sulfonamides is 1. The normalized spacial score (nSPS) is 11.9. The third-order valence-corrected chi connectivity index (χ3v) is 8.24. The Bertz CT molecular complexity index is 1330. The fraction of sp³-hybridized carbons (Fsp3) is 0.333. The maximum atomic E-state index is 13.8. The lowest BCUT2D eigenvalue weighted by Gasteiger charge is -2.32. The van der Waals surface area contributed by atoms with Gasteiger partial charge in [0.1, 0.15) is 18.3 Å². The molecule has 0 aliphatic heterocycles. The summed E-state index contributed by atoms with van der Waals surface area (Å²) in [6, 6.07) is 21.9. The summed E-state index contributed by atoms with van der Waals surface area (Å²) < 4.78 is 33.9. The average Bonchev–Trinajstić information content (AvgIpc) is 2.95. The van der Waals surface area contributed by atoms with Crippen molar-refractivity contribution in [1.29, 1.82) is 0 Å². The molecule has 0 spiro atoms. The van der Waals surface area contributed by atoms with Gasteiger partial charge in [-0.15, -0.1) is 0 Å². The highest BCUT2D eigenvalue weighted by atomic mass is 32.2. The van der Waals surface area contributed by atoms with Gasteiger partial charge in [0.25, 0.3) is 10.0 Å². The van der Waals surface area contributed by atoms with Crippen LogP contribution in [0.25, 0.3) is 0 Å². The van der Waals surface area contributed by atoms with Crippen LogP contribution >= 0.6 is 0 Å². The number of nitrogens with zero attached hydrogens (tertiary/aromatic N) is 2. The largest absolute Gasteiger partial charge is 0.497 e. The van der Waals surface area contributed by atoms with E-state index >= 15 is 0 Å². The van der Waals surface area contributed by atoms with Crippen molar-refractivity contribution in [2.45, 2.75) is 44.6 Å². The molecule has 3 aromatic carbocycles. The van der Waals surface area contributed by atoms with Crippen LogP contribution < -0.4 is 14.4 Å². The SMILES string of the molecule is CCCNC(=O)[C@@H](C)N(CCc1ccccc1)C(=O)CN(c1ccc(C)cc1)S(=O)(=O)c1ccc(OC)cc1. The van der Waals surface area contributed by atoms with Crippen molar-refractivity contribution in [3.8, 4) is 5.75 Å². The molecule has 0 saturated carbocycles. The summed E-state index contributed by atoms with van der Waals surface area (Å²) in [6.07, 6.45) is 1.28. The summed E-state index contributed by atoms with van der Waals surface area (Å²) in [5, 5.41) is 2.85. The van der Waals surface area contributed by atoms with Crippen LogP contribution in [0.3, 0.4) is 0 Å². The summed E-state index contributed by atoms with van der Waals surface area (Å²) >= 11 is 0. The number of carbonyl (C=O) groups is 2. The lowest BCUT2D eigenvalue weighted by molar-refractivity contribution is -0.138. The number of benzene rings is 3. The van der Waals surface area contributed by atoms with Crippen LogP contribution in [-0.4, -0.2) is 57.9 Å². The highest BCUT2D eigenvalue weighted by Gasteiger charge is 2.32. The zero-order chi connectivity index (χ0) is 28.4. The summed E-state index contributed by atoms with van der Waals surface area (Å²) in [5.74, 6) is -0.230. The van der Waals surface area contributed by atoms with Gasteiger partial charge >= 0.3 is 0 Å². The second-order valence-corrected chi connectivity index (χ2v) is 11.2. The lowest BCUT2D eigenvalue weighted by Crippen LogP contribution is -2.52. The minimum Gasteiger partial charge on any atom is -0.497 e. The number of amides is 2. The Balaban J connectivity index is 1.96. The molecule has 0 aliphatic carbocycles. The third kappa shape index (κ3) is 7.83. The van der Waals surface area contributed by atoms with Gasteiger partial charge in [-0.1, -0.05) is 55.0 Å². The molecule has 0 fully saturated rings. The molecular formula is C30H37N3O5S. The van der Waals surface area contributed by atoms with E-state index in [0.29, 0.717) is 24.4 Å². The van der Waals surface area contributed by atoms with Crippen molar-refractivity contribution >= 4 is 27.5 Å². The number of aryl methyl sites for hydroxylation is 1. The van der Waals surface area contributed by atoms with E-state index in [1.54, 1.807) is 43.3 Å². The van der Waals surface area contributed by atoms with Gasteiger partial charge in [0.2, 0.25) is 11.8 Å². The van der Waals surface area contributed by atoms with Gasteiger partial charge < -0.3 is 15.0 Å². The first-order valence-electron chi connectivity index (χ1n) is 13.0. The van der Waals surface area contributed by atoms with Crippen LogP contribution in [0.4, 0.5) is 5.69 Å². The van der Waals surface area contributed by atoms with Crippen molar-refractivity contribution in [2.24, 2.45) is 0 Å². The Labute approximate surface area is 231 Å². The number of hydrogen-bond acceptors (Lipinski definition) is 5. The minimum absolute atomic E-state index is 0.0289. The van der Waals surface area contributed by atoms with E-state index in [1.807, 2.05) is 44.2 Å². The lowest BCUT2D eigenvalue weighted by atomic mass is 10.1. The summed E-state index contributed by atoms with van der Waals surface area (Å²) in [7, 11) is -2.62. The number of hydrogen-bond donors (Lipinski definition) is 1. The van der Waals surface area contributed by atoms with Crippen molar-refractivity contribution in [3.05, 3.63) is 90.0 Å². The fourth-order valence-corrected chi connectivity index (χ4v) is 5.49. The van der Waals surface area contributed by atoms with E-state index in [9.17, 15) is 18.0 Å². The average molecular weight is 552 g/mol. The third-order valence-electron chi connectivity index (χ3n) is 6.45. The molecule has 0 radical (unpaired) electrons. The number of anilines is 1. The minimum atomic E-state index is -4.12. The van der Waals surface area contributed by atoms with Crippen molar-refractivity contribution in [3.63, 3.8) is 0 Å². The van der Waals surface area contributed by atoms with Gasteiger partial charge in [-0.05, 0) is 68.7 Å². The van der Waals surface area contributed by atoms with Gasteiger partial charge in [-0.3, -0.25) is 13.9 Å². The Kier molecular flexibility index (Phi) is 10.5. The number of nitrogens with one attached hydrogen (secondary N) is 1. The Morgan fingerprint density at radius 2 is 1.59 bits per heavy atom. The van der Waals surface area contributed by atoms with Crippen LogP contribution in [0.2, 0.25) is 0 Å². The molecule has 0 heterocycles. The van der Waals surface area contributed by atoms with Gasteiger partial charge in [0, 0.05) is 13.1 Å². The highest BCUT2D eigenvalue weighted by molar-refractivity contribution is 7.92. The van der Waals surface area contributed by atoms with Crippen molar-refractivity contribution in [1.82, 2.24) is 10.2 Å². The first-order valence-corrected chi connectivity index (χ1v) is 14.5. The molecular weight excluding hydrogens is 514 g/mol.